The van der Waals surface area contributed by atoms with Gasteiger partial charge in [0, 0.05) is 45.7 Å². The molecule has 1 aliphatic heterocycles. The van der Waals surface area contributed by atoms with E-state index < -0.39 is 0 Å². The molecule has 1 heterocycles. The molecule has 0 saturated carbocycles. The van der Waals surface area contributed by atoms with Gasteiger partial charge in [-0.2, -0.15) is 0 Å². The van der Waals surface area contributed by atoms with E-state index in [2.05, 4.69) is 63.1 Å². The van der Waals surface area contributed by atoms with Gasteiger partial charge >= 0.3 is 0 Å². The molecule has 0 aliphatic carbocycles. The van der Waals surface area contributed by atoms with Gasteiger partial charge in [-0.1, -0.05) is 36.4 Å². The Kier molecular flexibility index (Phi) is 8.50. The van der Waals surface area contributed by atoms with E-state index in [-0.39, 0.29) is 5.91 Å². The highest BCUT2D eigenvalue weighted by Gasteiger charge is 2.26. The van der Waals surface area contributed by atoms with Crippen molar-refractivity contribution in [3.63, 3.8) is 0 Å². The molecular weight excluding hydrogens is 402 g/mol. The topological polar surface area (TPSA) is 78.0 Å². The van der Waals surface area contributed by atoms with E-state index in [9.17, 15) is 4.79 Å². The Morgan fingerprint density at radius 2 is 1.97 bits per heavy atom. The molecule has 2 unspecified atom stereocenters. The van der Waals surface area contributed by atoms with Crippen molar-refractivity contribution in [1.29, 1.82) is 0 Å². The van der Waals surface area contributed by atoms with Crippen molar-refractivity contribution in [3.05, 3.63) is 59.7 Å². The summed E-state index contributed by atoms with van der Waals surface area (Å²) in [5.74, 6) is 1.30. The number of benzene rings is 2. The molecule has 0 radical (unpaired) electrons. The molecule has 1 saturated heterocycles. The monoisotopic (exact) mass is 437 g/mol. The fraction of sp³-hybridized carbons (Fsp3) is 0.440. The van der Waals surface area contributed by atoms with Crippen LogP contribution in [-0.4, -0.2) is 49.6 Å². The molecule has 0 spiro atoms. The summed E-state index contributed by atoms with van der Waals surface area (Å²) in [6, 6.07) is 17.3. The zero-order valence-electron chi connectivity index (χ0n) is 19.5. The van der Waals surface area contributed by atoms with Crippen LogP contribution in [0.25, 0.3) is 0 Å². The first-order chi connectivity index (χ1) is 15.5. The maximum Gasteiger partial charge on any atom is 0.221 e. The Bertz CT molecular complexity index is 916. The van der Waals surface area contributed by atoms with Gasteiger partial charge in [0.15, 0.2) is 5.96 Å². The quantitative estimate of drug-likeness (QED) is 0.457. The van der Waals surface area contributed by atoms with Gasteiger partial charge in [-0.3, -0.25) is 14.7 Å². The highest BCUT2D eigenvalue weighted by Crippen LogP contribution is 2.25. The highest BCUT2D eigenvalue weighted by molar-refractivity contribution is 5.90. The Morgan fingerprint density at radius 3 is 2.62 bits per heavy atom. The summed E-state index contributed by atoms with van der Waals surface area (Å²) >= 11 is 0. The second kappa shape index (κ2) is 11.5. The summed E-state index contributed by atoms with van der Waals surface area (Å²) in [7, 11) is 3.39. The summed E-state index contributed by atoms with van der Waals surface area (Å²) in [6.07, 6.45) is 2.15. The lowest BCUT2D eigenvalue weighted by Gasteiger charge is -2.38. The molecule has 0 bridgehead atoms. The third-order valence-electron chi connectivity index (χ3n) is 5.84. The molecule has 0 aromatic heterocycles. The molecule has 2 aromatic carbocycles. The number of nitrogens with zero attached hydrogens (tertiary/aromatic N) is 2. The van der Waals surface area contributed by atoms with Crippen LogP contribution in [-0.2, 0) is 17.9 Å². The van der Waals surface area contributed by atoms with Crippen LogP contribution in [0.4, 0.5) is 5.69 Å². The molecule has 1 aliphatic rings. The van der Waals surface area contributed by atoms with E-state index in [1.165, 1.54) is 12.5 Å². The summed E-state index contributed by atoms with van der Waals surface area (Å²) in [5, 5.41) is 9.78. The second-order valence-corrected chi connectivity index (χ2v) is 8.31. The molecule has 172 valence electrons. The molecule has 1 fully saturated rings. The van der Waals surface area contributed by atoms with E-state index in [4.69, 9.17) is 4.74 Å². The van der Waals surface area contributed by atoms with Crippen molar-refractivity contribution >= 4 is 17.6 Å². The molecule has 7 nitrogen and oxygen atoms in total. The van der Waals surface area contributed by atoms with Gasteiger partial charge in [0.05, 0.1) is 12.8 Å². The number of ether oxygens (including phenoxy) is 1. The molecule has 1 amide bonds. The third-order valence-corrected chi connectivity index (χ3v) is 5.84. The van der Waals surface area contributed by atoms with Crippen LogP contribution >= 0.6 is 0 Å². The lowest BCUT2D eigenvalue weighted by molar-refractivity contribution is -0.114. The largest absolute Gasteiger partial charge is 0.495 e. The summed E-state index contributed by atoms with van der Waals surface area (Å²) < 4.78 is 5.33. The molecule has 32 heavy (non-hydrogen) atoms. The summed E-state index contributed by atoms with van der Waals surface area (Å²) in [5.41, 5.74) is 3.06. The molecule has 3 rings (SSSR count). The number of nitrogens with one attached hydrogen (secondary N) is 3. The van der Waals surface area contributed by atoms with E-state index in [1.54, 1.807) is 14.2 Å². The van der Waals surface area contributed by atoms with Gasteiger partial charge in [-0.25, -0.2) is 0 Å². The average molecular weight is 438 g/mol. The van der Waals surface area contributed by atoms with E-state index in [0.717, 1.165) is 37.5 Å². The maximum absolute atomic E-state index is 11.5. The summed E-state index contributed by atoms with van der Waals surface area (Å²) in [4.78, 5) is 18.4. The second-order valence-electron chi connectivity index (χ2n) is 8.31. The van der Waals surface area contributed by atoms with Crippen LogP contribution in [0.1, 0.15) is 37.8 Å². The number of rotatable bonds is 7. The van der Waals surface area contributed by atoms with Crippen molar-refractivity contribution < 1.29 is 9.53 Å². The van der Waals surface area contributed by atoms with E-state index >= 15 is 0 Å². The number of anilines is 1. The first-order valence-corrected chi connectivity index (χ1v) is 11.2. The molecule has 2 aromatic rings. The number of carbonyl (C=O) groups is 1. The van der Waals surface area contributed by atoms with Crippen LogP contribution in [0, 0.1) is 0 Å². The van der Waals surface area contributed by atoms with Crippen LogP contribution in [0.3, 0.4) is 0 Å². The Hall–Kier alpha value is -3.06. The van der Waals surface area contributed by atoms with Gasteiger partial charge in [-0.15, -0.1) is 0 Å². The number of aliphatic imine (C=N–C) groups is 1. The third kappa shape index (κ3) is 6.72. The molecule has 2 atom stereocenters. The Morgan fingerprint density at radius 1 is 1.19 bits per heavy atom. The predicted molar refractivity (Wildman–Crippen MR) is 130 cm³/mol. The first-order valence-electron chi connectivity index (χ1n) is 11.2. The van der Waals surface area contributed by atoms with E-state index in [0.29, 0.717) is 30.1 Å². The number of hydrogen-bond acceptors (Lipinski definition) is 4. The van der Waals surface area contributed by atoms with Crippen LogP contribution in [0.2, 0.25) is 0 Å². The number of piperidine rings is 1. The fourth-order valence-electron chi connectivity index (χ4n) is 4.13. The van der Waals surface area contributed by atoms with Crippen molar-refractivity contribution in [1.82, 2.24) is 15.5 Å². The highest BCUT2D eigenvalue weighted by atomic mass is 16.5. The van der Waals surface area contributed by atoms with E-state index in [1.807, 2.05) is 18.2 Å². The lowest BCUT2D eigenvalue weighted by atomic mass is 9.97. The summed E-state index contributed by atoms with van der Waals surface area (Å²) in [6.45, 7) is 6.44. The van der Waals surface area contributed by atoms with Gasteiger partial charge in [0.25, 0.3) is 0 Å². The average Bonchev–Trinajstić information content (AvgIpc) is 2.79. The van der Waals surface area contributed by atoms with Crippen LogP contribution in [0.5, 0.6) is 5.75 Å². The molecule has 3 N–H and O–H groups in total. The number of likely N-dealkylation sites (tertiary alicyclic amines) is 1. The molecular formula is C25H35N5O2. The smallest absolute Gasteiger partial charge is 0.221 e. The maximum atomic E-state index is 11.5. The number of methoxy groups -OCH3 is 1. The van der Waals surface area contributed by atoms with Gasteiger partial charge in [-0.05, 0) is 43.0 Å². The zero-order valence-corrected chi connectivity index (χ0v) is 19.5. The SMILES string of the molecule is CN=C(NCc1ccc(OC)c(NC(C)=O)c1)NC1CCN(Cc2ccccc2)C(C)C1. The normalized spacial score (nSPS) is 19.3. The zero-order chi connectivity index (χ0) is 22.9. The van der Waals surface area contributed by atoms with Crippen LogP contribution < -0.4 is 20.7 Å². The van der Waals surface area contributed by atoms with Gasteiger partial charge in [0.1, 0.15) is 5.75 Å². The minimum atomic E-state index is -0.126. The minimum absolute atomic E-state index is 0.126. The minimum Gasteiger partial charge on any atom is -0.495 e. The van der Waals surface area contributed by atoms with Crippen LogP contribution in [0.15, 0.2) is 53.5 Å². The Balaban J connectivity index is 1.51. The van der Waals surface area contributed by atoms with Gasteiger partial charge in [0.2, 0.25) is 5.91 Å². The van der Waals surface area contributed by atoms with Crippen molar-refractivity contribution in [3.8, 4) is 5.75 Å². The Labute approximate surface area is 191 Å². The van der Waals surface area contributed by atoms with Crippen molar-refractivity contribution in [2.75, 3.05) is 26.0 Å². The number of hydrogen-bond donors (Lipinski definition) is 3. The predicted octanol–water partition coefficient (Wildman–Crippen LogP) is 3.37. The molecule has 7 heteroatoms. The van der Waals surface area contributed by atoms with Gasteiger partial charge < -0.3 is 20.7 Å². The first kappa shape index (κ1) is 23.6. The number of guanidine groups is 1. The van der Waals surface area contributed by atoms with Crippen molar-refractivity contribution in [2.45, 2.75) is 51.9 Å². The fourth-order valence-corrected chi connectivity index (χ4v) is 4.13. The number of amides is 1. The lowest BCUT2D eigenvalue weighted by Crippen LogP contribution is -2.51. The van der Waals surface area contributed by atoms with Crippen molar-refractivity contribution in [2.24, 2.45) is 4.99 Å². The number of carbonyl (C=O) groups excluding carboxylic acids is 1. The standard InChI is InChI=1S/C25H35N5O2/c1-18-14-22(12-13-30(18)17-20-8-6-5-7-9-20)29-25(26-3)27-16-21-10-11-24(32-4)23(15-21)28-19(2)31/h5-11,15,18,22H,12-14,16-17H2,1-4H3,(H,28,31)(H2,26,27,29).